The molecule has 0 fully saturated rings. The molecule has 0 radical (unpaired) electrons. The summed E-state index contributed by atoms with van der Waals surface area (Å²) in [5, 5.41) is 3.37. The van der Waals surface area contributed by atoms with Gasteiger partial charge in [-0.05, 0) is 37.6 Å². The van der Waals surface area contributed by atoms with E-state index in [1.807, 2.05) is 19.1 Å². The minimum Gasteiger partial charge on any atom is -0.493 e. The van der Waals surface area contributed by atoms with Crippen molar-refractivity contribution in [3.8, 4) is 17.2 Å². The molecule has 4 heteroatoms. The fourth-order valence-corrected chi connectivity index (χ4v) is 2.00. The molecule has 0 unspecified atom stereocenters. The average molecular weight is 281 g/mol. The number of hydrogen-bond acceptors (Lipinski definition) is 4. The van der Waals surface area contributed by atoms with Gasteiger partial charge in [-0.3, -0.25) is 0 Å². The lowest BCUT2D eigenvalue weighted by Gasteiger charge is -2.15. The lowest BCUT2D eigenvalue weighted by Crippen LogP contribution is -2.22. The zero-order valence-corrected chi connectivity index (χ0v) is 13.1. The number of hydrogen-bond donors (Lipinski definition) is 1. The fraction of sp³-hybridized carbons (Fsp3) is 0.625. The Bertz CT molecular complexity index is 368. The third kappa shape index (κ3) is 5.29. The van der Waals surface area contributed by atoms with E-state index in [9.17, 15) is 0 Å². The summed E-state index contributed by atoms with van der Waals surface area (Å²) in [7, 11) is 3.29. The van der Waals surface area contributed by atoms with Gasteiger partial charge in [0, 0.05) is 6.54 Å². The smallest absolute Gasteiger partial charge is 0.203 e. The predicted molar refractivity (Wildman–Crippen MR) is 82.2 cm³/mol. The molecule has 1 N–H and O–H groups in total. The summed E-state index contributed by atoms with van der Waals surface area (Å²) in [4.78, 5) is 0. The molecular weight excluding hydrogens is 254 g/mol. The molecule has 0 aromatic heterocycles. The van der Waals surface area contributed by atoms with Crippen molar-refractivity contribution in [3.05, 3.63) is 17.7 Å². The molecule has 114 valence electrons. The Kier molecular flexibility index (Phi) is 7.88. The van der Waals surface area contributed by atoms with Gasteiger partial charge in [0.25, 0.3) is 0 Å². The van der Waals surface area contributed by atoms with E-state index < -0.39 is 0 Å². The summed E-state index contributed by atoms with van der Waals surface area (Å²) in [5.41, 5.74) is 1.09. The predicted octanol–water partition coefficient (Wildman–Crippen LogP) is 3.17. The second-order valence-corrected chi connectivity index (χ2v) is 4.80. The van der Waals surface area contributed by atoms with Crippen LogP contribution >= 0.6 is 0 Å². The molecule has 0 aliphatic rings. The highest BCUT2D eigenvalue weighted by Crippen LogP contribution is 2.38. The summed E-state index contributed by atoms with van der Waals surface area (Å²) in [5.74, 6) is 2.11. The average Bonchev–Trinajstić information content (AvgIpc) is 2.46. The Balaban J connectivity index is 2.46. The Morgan fingerprint density at radius 1 is 1.00 bits per heavy atom. The maximum absolute atomic E-state index is 5.80. The van der Waals surface area contributed by atoms with Crippen LogP contribution in [0.2, 0.25) is 0 Å². The second kappa shape index (κ2) is 9.48. The second-order valence-electron chi connectivity index (χ2n) is 4.80. The number of unbranched alkanes of at least 4 members (excludes halogenated alkanes) is 2. The van der Waals surface area contributed by atoms with Gasteiger partial charge in [0.1, 0.15) is 6.61 Å². The first-order valence-corrected chi connectivity index (χ1v) is 7.29. The fourth-order valence-electron chi connectivity index (χ4n) is 2.00. The van der Waals surface area contributed by atoms with Crippen molar-refractivity contribution in [1.29, 1.82) is 0 Å². The standard InChI is InChI=1S/C16H27NO3/c1-5-6-7-8-17-9-10-20-16-14(18-3)11-13(2)12-15(16)19-4/h11-12,17H,5-10H2,1-4H3. The van der Waals surface area contributed by atoms with Crippen LogP contribution in [0.15, 0.2) is 12.1 Å². The van der Waals surface area contributed by atoms with Gasteiger partial charge in [-0.2, -0.15) is 0 Å². The molecule has 1 aromatic carbocycles. The molecule has 0 bridgehead atoms. The summed E-state index contributed by atoms with van der Waals surface area (Å²) in [6.45, 7) is 6.67. The van der Waals surface area contributed by atoms with Gasteiger partial charge < -0.3 is 19.5 Å². The molecule has 0 saturated carbocycles. The zero-order valence-electron chi connectivity index (χ0n) is 13.1. The van der Waals surface area contributed by atoms with Crippen molar-refractivity contribution in [1.82, 2.24) is 5.32 Å². The van der Waals surface area contributed by atoms with Crippen LogP contribution in [0.3, 0.4) is 0 Å². The van der Waals surface area contributed by atoms with Crippen molar-refractivity contribution >= 4 is 0 Å². The highest BCUT2D eigenvalue weighted by atomic mass is 16.5. The van der Waals surface area contributed by atoms with Crippen LogP contribution in [-0.2, 0) is 0 Å². The van der Waals surface area contributed by atoms with E-state index >= 15 is 0 Å². The van der Waals surface area contributed by atoms with Crippen LogP contribution in [0, 0.1) is 6.92 Å². The first-order valence-electron chi connectivity index (χ1n) is 7.29. The molecule has 0 amide bonds. The van der Waals surface area contributed by atoms with Crippen molar-refractivity contribution < 1.29 is 14.2 Å². The minimum atomic E-state index is 0.599. The Labute approximate surface area is 122 Å². The molecule has 1 aromatic rings. The van der Waals surface area contributed by atoms with E-state index in [-0.39, 0.29) is 0 Å². The van der Waals surface area contributed by atoms with Gasteiger partial charge in [-0.25, -0.2) is 0 Å². The topological polar surface area (TPSA) is 39.7 Å². The summed E-state index contributed by atoms with van der Waals surface area (Å²) in [6.07, 6.45) is 3.73. The van der Waals surface area contributed by atoms with Gasteiger partial charge in [0.05, 0.1) is 14.2 Å². The van der Waals surface area contributed by atoms with Gasteiger partial charge in [0.15, 0.2) is 11.5 Å². The molecular formula is C16H27NO3. The van der Waals surface area contributed by atoms with Crippen molar-refractivity contribution in [2.45, 2.75) is 33.1 Å². The molecule has 0 saturated heterocycles. The highest BCUT2D eigenvalue weighted by molar-refractivity contribution is 5.53. The van der Waals surface area contributed by atoms with Gasteiger partial charge in [-0.1, -0.05) is 19.8 Å². The first-order chi connectivity index (χ1) is 9.72. The van der Waals surface area contributed by atoms with E-state index in [1.165, 1.54) is 19.3 Å². The number of ether oxygens (including phenoxy) is 3. The van der Waals surface area contributed by atoms with E-state index in [1.54, 1.807) is 14.2 Å². The minimum absolute atomic E-state index is 0.599. The van der Waals surface area contributed by atoms with Crippen LogP contribution in [0.25, 0.3) is 0 Å². The molecule has 0 atom stereocenters. The third-order valence-electron chi connectivity index (χ3n) is 3.09. The van der Waals surface area contributed by atoms with Gasteiger partial charge in [-0.15, -0.1) is 0 Å². The largest absolute Gasteiger partial charge is 0.493 e. The number of aryl methyl sites for hydroxylation is 1. The molecule has 0 heterocycles. The number of nitrogens with one attached hydrogen (secondary N) is 1. The van der Waals surface area contributed by atoms with Crippen LogP contribution in [-0.4, -0.2) is 33.9 Å². The van der Waals surface area contributed by atoms with Crippen molar-refractivity contribution in [3.63, 3.8) is 0 Å². The first kappa shape index (κ1) is 16.6. The SMILES string of the molecule is CCCCCNCCOc1c(OC)cc(C)cc1OC. The summed E-state index contributed by atoms with van der Waals surface area (Å²) >= 11 is 0. The normalized spacial score (nSPS) is 10.4. The molecule has 0 aliphatic heterocycles. The lowest BCUT2D eigenvalue weighted by atomic mass is 10.2. The number of rotatable bonds is 10. The Morgan fingerprint density at radius 3 is 2.20 bits per heavy atom. The van der Waals surface area contributed by atoms with Gasteiger partial charge in [0.2, 0.25) is 5.75 Å². The number of benzene rings is 1. The van der Waals surface area contributed by atoms with E-state index in [4.69, 9.17) is 14.2 Å². The molecule has 0 aliphatic carbocycles. The third-order valence-corrected chi connectivity index (χ3v) is 3.09. The molecule has 1 rings (SSSR count). The summed E-state index contributed by atoms with van der Waals surface area (Å²) in [6, 6.07) is 3.90. The number of methoxy groups -OCH3 is 2. The highest BCUT2D eigenvalue weighted by Gasteiger charge is 2.12. The van der Waals surface area contributed by atoms with E-state index in [0.29, 0.717) is 23.9 Å². The monoisotopic (exact) mass is 281 g/mol. The lowest BCUT2D eigenvalue weighted by molar-refractivity contribution is 0.273. The maximum Gasteiger partial charge on any atom is 0.203 e. The van der Waals surface area contributed by atoms with Crippen LogP contribution in [0.4, 0.5) is 0 Å². The quantitative estimate of drug-likeness (QED) is 0.669. The summed E-state index contributed by atoms with van der Waals surface area (Å²) < 4.78 is 16.5. The van der Waals surface area contributed by atoms with Crippen molar-refractivity contribution in [2.75, 3.05) is 33.9 Å². The van der Waals surface area contributed by atoms with Crippen molar-refractivity contribution in [2.24, 2.45) is 0 Å². The van der Waals surface area contributed by atoms with E-state index in [2.05, 4.69) is 12.2 Å². The van der Waals surface area contributed by atoms with Crippen LogP contribution in [0.5, 0.6) is 17.2 Å². The Morgan fingerprint density at radius 2 is 1.65 bits per heavy atom. The van der Waals surface area contributed by atoms with E-state index in [0.717, 1.165) is 18.7 Å². The van der Waals surface area contributed by atoms with Gasteiger partial charge >= 0.3 is 0 Å². The zero-order chi connectivity index (χ0) is 14.8. The maximum atomic E-state index is 5.80. The molecule has 0 spiro atoms. The molecule has 20 heavy (non-hydrogen) atoms. The Hall–Kier alpha value is -1.42. The molecule has 4 nitrogen and oxygen atoms in total. The van der Waals surface area contributed by atoms with Crippen LogP contribution < -0.4 is 19.5 Å². The van der Waals surface area contributed by atoms with Crippen LogP contribution in [0.1, 0.15) is 31.7 Å².